The van der Waals surface area contributed by atoms with Crippen LogP contribution in [-0.4, -0.2) is 32.1 Å². The highest BCUT2D eigenvalue weighted by Gasteiger charge is 2.15. The summed E-state index contributed by atoms with van der Waals surface area (Å²) in [5.41, 5.74) is 1.87. The summed E-state index contributed by atoms with van der Waals surface area (Å²) in [6.45, 7) is 2.68. The van der Waals surface area contributed by atoms with Gasteiger partial charge in [0.2, 0.25) is 0 Å². The summed E-state index contributed by atoms with van der Waals surface area (Å²) in [5, 5.41) is 0. The quantitative estimate of drug-likeness (QED) is 0.620. The molecule has 0 N–H and O–H groups in total. The van der Waals surface area contributed by atoms with E-state index in [2.05, 4.69) is 0 Å². The van der Waals surface area contributed by atoms with Crippen LogP contribution in [-0.2, 0) is 20.7 Å². The van der Waals surface area contributed by atoms with Gasteiger partial charge in [0.15, 0.2) is 0 Å². The molecule has 0 saturated heterocycles. The smallest absolute Gasteiger partial charge is 0.330 e. The molecule has 1 heterocycles. The van der Waals surface area contributed by atoms with Gasteiger partial charge in [-0.15, -0.1) is 0 Å². The number of carbonyl (C=O) groups excluding carboxylic acids is 2. The van der Waals surface area contributed by atoms with E-state index in [0.717, 1.165) is 29.5 Å². The van der Waals surface area contributed by atoms with E-state index in [1.807, 2.05) is 18.2 Å². The van der Waals surface area contributed by atoms with Crippen LogP contribution in [0.5, 0.6) is 5.75 Å². The Kier molecular flexibility index (Phi) is 4.40. The van der Waals surface area contributed by atoms with Crippen LogP contribution in [0.3, 0.4) is 0 Å². The first kappa shape index (κ1) is 14.1. The van der Waals surface area contributed by atoms with Gasteiger partial charge < -0.3 is 14.4 Å². The lowest BCUT2D eigenvalue weighted by Gasteiger charge is -2.16. The average Bonchev–Trinajstić information content (AvgIpc) is 2.91. The lowest BCUT2D eigenvalue weighted by molar-refractivity contribution is -0.137. The molecule has 0 aliphatic carbocycles. The number of esters is 1. The Labute approximate surface area is 117 Å². The fourth-order valence-corrected chi connectivity index (χ4v) is 1.95. The van der Waals surface area contributed by atoms with E-state index in [9.17, 15) is 9.59 Å². The highest BCUT2D eigenvalue weighted by molar-refractivity contribution is 6.04. The molecular formula is C15H17NO4. The Morgan fingerprint density at radius 2 is 2.20 bits per heavy atom. The summed E-state index contributed by atoms with van der Waals surface area (Å²) in [4.78, 5) is 24.6. The van der Waals surface area contributed by atoms with Crippen LogP contribution < -0.4 is 9.64 Å². The number of carbonyl (C=O) groups is 2. The Hall–Kier alpha value is -2.30. The maximum Gasteiger partial charge on any atom is 0.330 e. The van der Waals surface area contributed by atoms with Crippen molar-refractivity contribution < 1.29 is 19.1 Å². The van der Waals surface area contributed by atoms with Crippen LogP contribution in [0.15, 0.2) is 30.4 Å². The van der Waals surface area contributed by atoms with Gasteiger partial charge in [-0.3, -0.25) is 4.79 Å². The minimum atomic E-state index is -0.517. The molecule has 5 nitrogen and oxygen atoms in total. The molecule has 20 heavy (non-hydrogen) atoms. The number of likely N-dealkylation sites (N-methyl/N-ethyl adjacent to an activating group) is 1. The van der Waals surface area contributed by atoms with Crippen LogP contribution in [0.1, 0.15) is 12.5 Å². The molecule has 106 valence electrons. The maximum absolute atomic E-state index is 12.0. The standard InChI is InChI=1S/C15H17NO4/c1-3-19-15(18)7-6-14(17)16(2)12-4-5-13-11(10-12)8-9-20-13/h4-7,10H,3,8-9H2,1-2H3/b7-6-. The molecule has 0 spiro atoms. The molecule has 2 rings (SSSR count). The van der Waals surface area contributed by atoms with Gasteiger partial charge >= 0.3 is 5.97 Å². The second-order valence-corrected chi connectivity index (χ2v) is 4.37. The fraction of sp³-hybridized carbons (Fsp3) is 0.333. The fourth-order valence-electron chi connectivity index (χ4n) is 1.95. The maximum atomic E-state index is 12.0. The third kappa shape index (κ3) is 3.17. The van der Waals surface area contributed by atoms with Crippen LogP contribution in [0.4, 0.5) is 5.69 Å². The zero-order valence-corrected chi connectivity index (χ0v) is 11.6. The van der Waals surface area contributed by atoms with Crippen LogP contribution >= 0.6 is 0 Å². The predicted molar refractivity (Wildman–Crippen MR) is 74.8 cm³/mol. The van der Waals surface area contributed by atoms with E-state index >= 15 is 0 Å². The van der Waals surface area contributed by atoms with Gasteiger partial charge in [0.1, 0.15) is 5.75 Å². The van der Waals surface area contributed by atoms with Crippen LogP contribution in [0.2, 0.25) is 0 Å². The second kappa shape index (κ2) is 6.23. The Morgan fingerprint density at radius 1 is 1.40 bits per heavy atom. The first-order valence-electron chi connectivity index (χ1n) is 6.50. The molecule has 5 heteroatoms. The van der Waals surface area contributed by atoms with Gasteiger partial charge in [-0.25, -0.2) is 4.79 Å². The van der Waals surface area contributed by atoms with E-state index in [-0.39, 0.29) is 12.5 Å². The van der Waals surface area contributed by atoms with Crippen molar-refractivity contribution in [2.24, 2.45) is 0 Å². The van der Waals surface area contributed by atoms with Crippen LogP contribution in [0.25, 0.3) is 0 Å². The molecule has 0 unspecified atom stereocenters. The molecule has 1 aliphatic heterocycles. The van der Waals surface area contributed by atoms with Gasteiger partial charge in [0.05, 0.1) is 13.2 Å². The molecule has 0 atom stereocenters. The van der Waals surface area contributed by atoms with E-state index in [1.165, 1.54) is 11.0 Å². The number of ether oxygens (including phenoxy) is 2. The third-order valence-corrected chi connectivity index (χ3v) is 3.04. The lowest BCUT2D eigenvalue weighted by atomic mass is 10.1. The minimum Gasteiger partial charge on any atom is -0.493 e. The summed E-state index contributed by atoms with van der Waals surface area (Å²) in [6, 6.07) is 5.61. The molecule has 1 amide bonds. The van der Waals surface area contributed by atoms with Crippen molar-refractivity contribution >= 4 is 17.6 Å². The Morgan fingerprint density at radius 3 is 2.95 bits per heavy atom. The molecule has 0 fully saturated rings. The zero-order chi connectivity index (χ0) is 14.5. The summed E-state index contributed by atoms with van der Waals surface area (Å²) in [7, 11) is 1.66. The van der Waals surface area contributed by atoms with Gasteiger partial charge in [0.25, 0.3) is 5.91 Å². The first-order chi connectivity index (χ1) is 9.61. The number of hydrogen-bond donors (Lipinski definition) is 0. The largest absolute Gasteiger partial charge is 0.493 e. The van der Waals surface area contributed by atoms with Crippen molar-refractivity contribution in [1.29, 1.82) is 0 Å². The van der Waals surface area contributed by atoms with E-state index in [4.69, 9.17) is 9.47 Å². The Balaban J connectivity index is 2.05. The summed E-state index contributed by atoms with van der Waals surface area (Å²) < 4.78 is 10.1. The first-order valence-corrected chi connectivity index (χ1v) is 6.50. The van der Waals surface area contributed by atoms with Crippen LogP contribution in [0, 0.1) is 0 Å². The van der Waals surface area contributed by atoms with Gasteiger partial charge in [-0.2, -0.15) is 0 Å². The Bertz CT molecular complexity index is 551. The predicted octanol–water partition coefficient (Wildman–Crippen LogP) is 1.70. The number of hydrogen-bond acceptors (Lipinski definition) is 4. The number of amides is 1. The summed E-state index contributed by atoms with van der Waals surface area (Å²) in [5.74, 6) is 0.0742. The van der Waals surface area contributed by atoms with Crippen molar-refractivity contribution in [3.63, 3.8) is 0 Å². The average molecular weight is 275 g/mol. The normalized spacial score (nSPS) is 12.9. The number of fused-ring (bicyclic) bond motifs is 1. The summed E-state index contributed by atoms with van der Waals surface area (Å²) >= 11 is 0. The third-order valence-electron chi connectivity index (χ3n) is 3.04. The number of nitrogens with zero attached hydrogens (tertiary/aromatic N) is 1. The zero-order valence-electron chi connectivity index (χ0n) is 11.6. The van der Waals surface area contributed by atoms with Crippen molar-refractivity contribution in [2.75, 3.05) is 25.2 Å². The molecule has 0 aromatic heterocycles. The van der Waals surface area contributed by atoms with E-state index < -0.39 is 5.97 Å². The lowest BCUT2D eigenvalue weighted by Crippen LogP contribution is -2.24. The number of anilines is 1. The molecule has 0 bridgehead atoms. The highest BCUT2D eigenvalue weighted by Crippen LogP contribution is 2.29. The van der Waals surface area contributed by atoms with Crippen molar-refractivity contribution in [2.45, 2.75) is 13.3 Å². The van der Waals surface area contributed by atoms with Gasteiger partial charge in [0, 0.05) is 31.3 Å². The number of benzene rings is 1. The van der Waals surface area contributed by atoms with E-state index in [0.29, 0.717) is 6.61 Å². The van der Waals surface area contributed by atoms with Gasteiger partial charge in [-0.1, -0.05) is 0 Å². The molecule has 1 aromatic rings. The summed E-state index contributed by atoms with van der Waals surface area (Å²) in [6.07, 6.45) is 3.20. The molecule has 1 aliphatic rings. The highest BCUT2D eigenvalue weighted by atomic mass is 16.5. The molecule has 0 saturated carbocycles. The molecular weight excluding hydrogens is 258 g/mol. The number of rotatable bonds is 4. The molecule has 1 aromatic carbocycles. The second-order valence-electron chi connectivity index (χ2n) is 4.37. The molecule has 0 radical (unpaired) electrons. The van der Waals surface area contributed by atoms with Crippen molar-refractivity contribution in [3.05, 3.63) is 35.9 Å². The van der Waals surface area contributed by atoms with Crippen molar-refractivity contribution in [3.8, 4) is 5.75 Å². The minimum absolute atomic E-state index is 0.281. The SMILES string of the molecule is CCOC(=O)/C=C\C(=O)N(C)c1ccc2c(c1)CCO2. The van der Waals surface area contributed by atoms with E-state index in [1.54, 1.807) is 14.0 Å². The topological polar surface area (TPSA) is 55.8 Å². The van der Waals surface area contributed by atoms with Gasteiger partial charge in [-0.05, 0) is 30.7 Å². The monoisotopic (exact) mass is 275 g/mol. The van der Waals surface area contributed by atoms with Crippen molar-refractivity contribution in [1.82, 2.24) is 0 Å².